The maximum absolute atomic E-state index is 13.0. The third-order valence-electron chi connectivity index (χ3n) is 1.82. The summed E-state index contributed by atoms with van der Waals surface area (Å²) in [6.07, 6.45) is 1.16. The number of carbonyl (C=O) groups is 1. The van der Waals surface area contributed by atoms with Gasteiger partial charge in [-0.15, -0.1) is 0 Å². The molecule has 0 radical (unpaired) electrons. The summed E-state index contributed by atoms with van der Waals surface area (Å²) in [6.45, 7) is 0. The molecule has 0 unspecified atom stereocenters. The van der Waals surface area contributed by atoms with Crippen molar-refractivity contribution in [3.63, 3.8) is 0 Å². The summed E-state index contributed by atoms with van der Waals surface area (Å²) in [4.78, 5) is 10.8. The van der Waals surface area contributed by atoms with Crippen molar-refractivity contribution in [3.8, 4) is 0 Å². The Morgan fingerprint density at radius 1 is 1.46 bits per heavy atom. The maximum atomic E-state index is 13.0. The maximum Gasteiger partial charge on any atom is 0.252 e. The van der Waals surface area contributed by atoms with Gasteiger partial charge in [0.1, 0.15) is 6.26 Å². The van der Waals surface area contributed by atoms with Crippen molar-refractivity contribution in [1.29, 1.82) is 0 Å². The molecule has 0 aliphatic rings. The van der Waals surface area contributed by atoms with Crippen LogP contribution in [-0.4, -0.2) is 5.91 Å². The number of hydrogen-bond acceptors (Lipinski definition) is 2. The lowest BCUT2D eigenvalue weighted by molar-refractivity contribution is 0.100. The molecular formula is C9H6FNO2. The molecule has 3 nitrogen and oxygen atoms in total. The molecule has 2 N–H and O–H groups in total. The van der Waals surface area contributed by atoms with E-state index in [0.717, 1.165) is 6.26 Å². The summed E-state index contributed by atoms with van der Waals surface area (Å²) in [6, 6.07) is 4.35. The van der Waals surface area contributed by atoms with Crippen molar-refractivity contribution in [1.82, 2.24) is 0 Å². The third kappa shape index (κ3) is 1.07. The minimum Gasteiger partial charge on any atom is -0.460 e. The van der Waals surface area contributed by atoms with Gasteiger partial charge in [0.25, 0.3) is 5.91 Å². The zero-order valence-electron chi connectivity index (χ0n) is 6.58. The van der Waals surface area contributed by atoms with Gasteiger partial charge >= 0.3 is 0 Å². The Hall–Kier alpha value is -1.84. The van der Waals surface area contributed by atoms with E-state index in [0.29, 0.717) is 5.39 Å². The van der Waals surface area contributed by atoms with E-state index in [1.165, 1.54) is 12.1 Å². The highest BCUT2D eigenvalue weighted by molar-refractivity contribution is 6.05. The number of para-hydroxylation sites is 1. The van der Waals surface area contributed by atoms with Crippen LogP contribution in [0.1, 0.15) is 10.4 Å². The van der Waals surface area contributed by atoms with Gasteiger partial charge in [-0.3, -0.25) is 4.79 Å². The van der Waals surface area contributed by atoms with Gasteiger partial charge in [-0.05, 0) is 6.07 Å². The van der Waals surface area contributed by atoms with Crippen molar-refractivity contribution in [2.45, 2.75) is 0 Å². The molecule has 4 heteroatoms. The minimum absolute atomic E-state index is 0.0660. The van der Waals surface area contributed by atoms with Gasteiger partial charge in [0.15, 0.2) is 11.4 Å². The molecule has 1 heterocycles. The minimum atomic E-state index is -0.621. The molecule has 0 aliphatic carbocycles. The van der Waals surface area contributed by atoms with Crippen molar-refractivity contribution in [2.75, 3.05) is 0 Å². The molecule has 0 fully saturated rings. The van der Waals surface area contributed by atoms with Gasteiger partial charge in [0, 0.05) is 5.39 Å². The summed E-state index contributed by atoms with van der Waals surface area (Å²) < 4.78 is 17.9. The van der Waals surface area contributed by atoms with Crippen LogP contribution in [0.15, 0.2) is 28.9 Å². The molecule has 13 heavy (non-hydrogen) atoms. The molecule has 0 saturated carbocycles. The highest BCUT2D eigenvalue weighted by Crippen LogP contribution is 2.22. The van der Waals surface area contributed by atoms with Crippen LogP contribution in [0.2, 0.25) is 0 Å². The molecule has 1 aromatic heterocycles. The van der Waals surface area contributed by atoms with Crippen LogP contribution in [0.4, 0.5) is 4.39 Å². The van der Waals surface area contributed by atoms with Crippen molar-refractivity contribution in [2.24, 2.45) is 5.73 Å². The highest BCUT2D eigenvalue weighted by atomic mass is 19.1. The van der Waals surface area contributed by atoms with E-state index in [2.05, 4.69) is 0 Å². The predicted molar refractivity (Wildman–Crippen MR) is 44.7 cm³/mol. The summed E-state index contributed by atoms with van der Waals surface area (Å²) >= 11 is 0. The summed E-state index contributed by atoms with van der Waals surface area (Å²) in [7, 11) is 0. The lowest BCUT2D eigenvalue weighted by Gasteiger charge is -1.90. The van der Waals surface area contributed by atoms with Gasteiger partial charge < -0.3 is 10.2 Å². The Bertz CT molecular complexity index is 475. The summed E-state index contributed by atoms with van der Waals surface area (Å²) in [5, 5.41) is 0.410. The number of primary amides is 1. The first-order chi connectivity index (χ1) is 6.20. The molecular weight excluding hydrogens is 173 g/mol. The molecule has 1 aromatic carbocycles. The van der Waals surface area contributed by atoms with Gasteiger partial charge in [0.05, 0.1) is 5.56 Å². The molecule has 2 aromatic rings. The van der Waals surface area contributed by atoms with E-state index < -0.39 is 11.7 Å². The Morgan fingerprint density at radius 3 is 2.92 bits per heavy atom. The monoisotopic (exact) mass is 179 g/mol. The van der Waals surface area contributed by atoms with Crippen molar-refractivity contribution >= 4 is 16.9 Å². The molecule has 0 bridgehead atoms. The number of benzene rings is 1. The van der Waals surface area contributed by atoms with Gasteiger partial charge in [-0.25, -0.2) is 4.39 Å². The zero-order chi connectivity index (χ0) is 9.42. The molecule has 0 spiro atoms. The fourth-order valence-electron chi connectivity index (χ4n) is 1.21. The number of hydrogen-bond donors (Lipinski definition) is 1. The van der Waals surface area contributed by atoms with Crippen LogP contribution < -0.4 is 5.73 Å². The Balaban J connectivity index is 2.83. The first-order valence-electron chi connectivity index (χ1n) is 3.65. The molecule has 66 valence electrons. The van der Waals surface area contributed by atoms with E-state index >= 15 is 0 Å². The second kappa shape index (κ2) is 2.58. The molecule has 0 saturated heterocycles. The van der Waals surface area contributed by atoms with Crippen LogP contribution in [-0.2, 0) is 0 Å². The van der Waals surface area contributed by atoms with Crippen molar-refractivity contribution < 1.29 is 13.6 Å². The average molecular weight is 179 g/mol. The number of carbonyl (C=O) groups excluding carboxylic acids is 1. The quantitative estimate of drug-likeness (QED) is 0.723. The largest absolute Gasteiger partial charge is 0.460 e. The van der Waals surface area contributed by atoms with Crippen LogP contribution in [0.3, 0.4) is 0 Å². The van der Waals surface area contributed by atoms with E-state index in [9.17, 15) is 9.18 Å². The van der Waals surface area contributed by atoms with E-state index in [4.69, 9.17) is 10.2 Å². The average Bonchev–Trinajstić information content (AvgIpc) is 2.48. The standard InChI is InChI=1S/C9H6FNO2/c10-7-3-1-2-5-6(9(11)12)4-13-8(5)7/h1-4H,(H2,11,12). The Morgan fingerprint density at radius 2 is 2.23 bits per heavy atom. The fourth-order valence-corrected chi connectivity index (χ4v) is 1.21. The van der Waals surface area contributed by atoms with E-state index in [1.807, 2.05) is 0 Å². The zero-order valence-corrected chi connectivity index (χ0v) is 6.58. The normalized spacial score (nSPS) is 10.5. The number of furan rings is 1. The highest BCUT2D eigenvalue weighted by Gasteiger charge is 2.12. The SMILES string of the molecule is NC(=O)c1coc2c(F)cccc12. The number of nitrogens with two attached hydrogens (primary N) is 1. The molecule has 2 rings (SSSR count). The van der Waals surface area contributed by atoms with Crippen LogP contribution in [0, 0.1) is 5.82 Å². The first-order valence-corrected chi connectivity index (χ1v) is 3.65. The smallest absolute Gasteiger partial charge is 0.252 e. The predicted octanol–water partition coefficient (Wildman–Crippen LogP) is 1.67. The molecule has 0 atom stereocenters. The van der Waals surface area contributed by atoms with Crippen molar-refractivity contribution in [3.05, 3.63) is 35.8 Å². The fraction of sp³-hybridized carbons (Fsp3) is 0. The van der Waals surface area contributed by atoms with E-state index in [-0.39, 0.29) is 11.1 Å². The van der Waals surface area contributed by atoms with Gasteiger partial charge in [0.2, 0.25) is 0 Å². The van der Waals surface area contributed by atoms with E-state index in [1.54, 1.807) is 6.07 Å². The van der Waals surface area contributed by atoms with Gasteiger partial charge in [-0.1, -0.05) is 12.1 Å². The Labute approximate surface area is 72.9 Å². The van der Waals surface area contributed by atoms with Crippen LogP contribution >= 0.6 is 0 Å². The summed E-state index contributed by atoms with van der Waals surface area (Å²) in [5.41, 5.74) is 5.32. The van der Waals surface area contributed by atoms with Gasteiger partial charge in [-0.2, -0.15) is 0 Å². The summed E-state index contributed by atoms with van der Waals surface area (Å²) in [5.74, 6) is -1.12. The second-order valence-electron chi connectivity index (χ2n) is 2.63. The lowest BCUT2D eigenvalue weighted by atomic mass is 10.1. The Kier molecular flexibility index (Phi) is 1.55. The van der Waals surface area contributed by atoms with Crippen LogP contribution in [0.25, 0.3) is 11.0 Å². The first kappa shape index (κ1) is 7.79. The van der Waals surface area contributed by atoms with Crippen LogP contribution in [0.5, 0.6) is 0 Å². The topological polar surface area (TPSA) is 56.2 Å². The number of halogens is 1. The lowest BCUT2D eigenvalue weighted by Crippen LogP contribution is -2.09. The molecule has 1 amide bonds. The number of rotatable bonds is 1. The number of amides is 1. The third-order valence-corrected chi connectivity index (χ3v) is 1.82. The second-order valence-corrected chi connectivity index (χ2v) is 2.63. The number of fused-ring (bicyclic) bond motifs is 1. The molecule has 0 aliphatic heterocycles.